The molecular formula is C19H20O2. The molecule has 2 aromatic rings. The largest absolute Gasteiger partial charge is 0.423 e. The van der Waals surface area contributed by atoms with Gasteiger partial charge >= 0.3 is 5.97 Å². The second kappa shape index (κ2) is 6.89. The summed E-state index contributed by atoms with van der Waals surface area (Å²) in [4.78, 5) is 11.9. The SMILES string of the molecule is Cc1ccc(/C=C/C(=O)Oc2ccccc2C(C)C)cc1. The van der Waals surface area contributed by atoms with Gasteiger partial charge in [0, 0.05) is 6.08 Å². The van der Waals surface area contributed by atoms with Crippen molar-refractivity contribution < 1.29 is 9.53 Å². The average Bonchev–Trinajstić information content (AvgIpc) is 2.47. The highest BCUT2D eigenvalue weighted by atomic mass is 16.5. The molecule has 0 saturated carbocycles. The summed E-state index contributed by atoms with van der Waals surface area (Å²) in [7, 11) is 0. The van der Waals surface area contributed by atoms with Crippen LogP contribution >= 0.6 is 0 Å². The molecule has 0 fully saturated rings. The number of para-hydroxylation sites is 1. The Morgan fingerprint density at radius 3 is 2.38 bits per heavy atom. The van der Waals surface area contributed by atoms with Crippen molar-refractivity contribution >= 4 is 12.0 Å². The minimum Gasteiger partial charge on any atom is -0.423 e. The van der Waals surface area contributed by atoms with E-state index in [-0.39, 0.29) is 5.97 Å². The van der Waals surface area contributed by atoms with Gasteiger partial charge in [-0.15, -0.1) is 0 Å². The van der Waals surface area contributed by atoms with Crippen LogP contribution in [0.5, 0.6) is 5.75 Å². The van der Waals surface area contributed by atoms with Crippen LogP contribution in [0.2, 0.25) is 0 Å². The van der Waals surface area contributed by atoms with Gasteiger partial charge in [-0.05, 0) is 36.1 Å². The van der Waals surface area contributed by atoms with Crippen LogP contribution in [-0.4, -0.2) is 5.97 Å². The zero-order chi connectivity index (χ0) is 15.2. The van der Waals surface area contributed by atoms with Gasteiger partial charge in [0.1, 0.15) is 5.75 Å². The van der Waals surface area contributed by atoms with E-state index in [2.05, 4.69) is 13.8 Å². The topological polar surface area (TPSA) is 26.3 Å². The summed E-state index contributed by atoms with van der Waals surface area (Å²) < 4.78 is 5.43. The summed E-state index contributed by atoms with van der Waals surface area (Å²) >= 11 is 0. The average molecular weight is 280 g/mol. The van der Waals surface area contributed by atoms with Crippen LogP contribution in [0.25, 0.3) is 6.08 Å². The number of ether oxygens (including phenoxy) is 1. The number of aryl methyl sites for hydroxylation is 1. The third-order valence-corrected chi connectivity index (χ3v) is 3.24. The molecule has 21 heavy (non-hydrogen) atoms. The molecule has 0 radical (unpaired) electrons. The summed E-state index contributed by atoms with van der Waals surface area (Å²) in [6.45, 7) is 6.19. The molecule has 0 atom stereocenters. The van der Waals surface area contributed by atoms with Crippen LogP contribution in [0.3, 0.4) is 0 Å². The molecule has 2 aromatic carbocycles. The molecule has 0 heterocycles. The zero-order valence-corrected chi connectivity index (χ0v) is 12.7. The van der Waals surface area contributed by atoms with Crippen LogP contribution in [0.1, 0.15) is 36.5 Å². The fraction of sp³-hybridized carbons (Fsp3) is 0.211. The first-order valence-electron chi connectivity index (χ1n) is 7.12. The van der Waals surface area contributed by atoms with Crippen LogP contribution < -0.4 is 4.74 Å². The first-order chi connectivity index (χ1) is 10.1. The predicted molar refractivity (Wildman–Crippen MR) is 86.4 cm³/mol. The fourth-order valence-electron chi connectivity index (χ4n) is 2.03. The lowest BCUT2D eigenvalue weighted by Crippen LogP contribution is -2.06. The van der Waals surface area contributed by atoms with Crippen molar-refractivity contribution in [2.75, 3.05) is 0 Å². The first kappa shape index (κ1) is 15.0. The van der Waals surface area contributed by atoms with Gasteiger partial charge in [0.15, 0.2) is 0 Å². The quantitative estimate of drug-likeness (QED) is 0.459. The highest BCUT2D eigenvalue weighted by Gasteiger charge is 2.09. The van der Waals surface area contributed by atoms with Gasteiger partial charge in [0.25, 0.3) is 0 Å². The molecule has 2 nitrogen and oxygen atoms in total. The highest BCUT2D eigenvalue weighted by molar-refractivity contribution is 5.88. The van der Waals surface area contributed by atoms with E-state index in [0.717, 1.165) is 11.1 Å². The summed E-state index contributed by atoms with van der Waals surface area (Å²) in [5.41, 5.74) is 3.21. The van der Waals surface area contributed by atoms with Gasteiger partial charge < -0.3 is 4.74 Å². The van der Waals surface area contributed by atoms with E-state index in [1.807, 2.05) is 55.5 Å². The molecule has 0 bridgehead atoms. The third-order valence-electron chi connectivity index (χ3n) is 3.24. The van der Waals surface area contributed by atoms with Crippen molar-refractivity contribution in [2.45, 2.75) is 26.7 Å². The Bertz CT molecular complexity index is 637. The van der Waals surface area contributed by atoms with Crippen LogP contribution in [-0.2, 0) is 4.79 Å². The van der Waals surface area contributed by atoms with Crippen molar-refractivity contribution in [2.24, 2.45) is 0 Å². The molecule has 0 aliphatic rings. The van der Waals surface area contributed by atoms with E-state index in [1.54, 1.807) is 6.08 Å². The molecule has 0 aliphatic heterocycles. The predicted octanol–water partition coefficient (Wildman–Crippen LogP) is 4.74. The normalized spacial score (nSPS) is 11.0. The number of carbonyl (C=O) groups is 1. The Balaban J connectivity index is 2.07. The summed E-state index contributed by atoms with van der Waals surface area (Å²) in [6, 6.07) is 15.6. The van der Waals surface area contributed by atoms with E-state index in [9.17, 15) is 4.79 Å². The maximum atomic E-state index is 11.9. The van der Waals surface area contributed by atoms with Gasteiger partial charge in [0.2, 0.25) is 0 Å². The van der Waals surface area contributed by atoms with E-state index in [0.29, 0.717) is 11.7 Å². The van der Waals surface area contributed by atoms with Gasteiger partial charge in [-0.3, -0.25) is 0 Å². The molecule has 0 aliphatic carbocycles. The zero-order valence-electron chi connectivity index (χ0n) is 12.7. The van der Waals surface area contributed by atoms with Crippen molar-refractivity contribution in [3.8, 4) is 5.75 Å². The summed E-state index contributed by atoms with van der Waals surface area (Å²) in [6.07, 6.45) is 3.22. The lowest BCUT2D eigenvalue weighted by molar-refractivity contribution is -0.128. The standard InChI is InChI=1S/C19H20O2/c1-14(2)17-6-4-5-7-18(17)21-19(20)13-12-16-10-8-15(3)9-11-16/h4-14H,1-3H3/b13-12+. The van der Waals surface area contributed by atoms with Gasteiger partial charge in [0.05, 0.1) is 0 Å². The van der Waals surface area contributed by atoms with E-state index in [1.165, 1.54) is 11.6 Å². The second-order valence-electron chi connectivity index (χ2n) is 5.36. The third kappa shape index (κ3) is 4.32. The lowest BCUT2D eigenvalue weighted by atomic mass is 10.0. The Hall–Kier alpha value is -2.35. The van der Waals surface area contributed by atoms with E-state index >= 15 is 0 Å². The molecule has 2 rings (SSSR count). The lowest BCUT2D eigenvalue weighted by Gasteiger charge is -2.11. The van der Waals surface area contributed by atoms with Crippen molar-refractivity contribution in [3.05, 3.63) is 71.3 Å². The maximum absolute atomic E-state index is 11.9. The molecule has 0 N–H and O–H groups in total. The molecule has 0 saturated heterocycles. The minimum absolute atomic E-state index is 0.315. The number of carbonyl (C=O) groups excluding carboxylic acids is 1. The molecule has 0 amide bonds. The van der Waals surface area contributed by atoms with Crippen molar-refractivity contribution in [1.29, 1.82) is 0 Å². The second-order valence-corrected chi connectivity index (χ2v) is 5.36. The van der Waals surface area contributed by atoms with Gasteiger partial charge in [-0.2, -0.15) is 0 Å². The molecule has 108 valence electrons. The number of rotatable bonds is 4. The summed E-state index contributed by atoms with van der Waals surface area (Å²) in [5.74, 6) is 0.588. The Morgan fingerprint density at radius 2 is 1.71 bits per heavy atom. The fourth-order valence-corrected chi connectivity index (χ4v) is 2.03. The molecule has 0 spiro atoms. The smallest absolute Gasteiger partial charge is 0.336 e. The summed E-state index contributed by atoms with van der Waals surface area (Å²) in [5, 5.41) is 0. The monoisotopic (exact) mass is 280 g/mol. The highest BCUT2D eigenvalue weighted by Crippen LogP contribution is 2.26. The Labute approximate surface area is 126 Å². The van der Waals surface area contributed by atoms with Crippen LogP contribution in [0.4, 0.5) is 0 Å². The van der Waals surface area contributed by atoms with Crippen LogP contribution in [0, 0.1) is 6.92 Å². The molecule has 0 aromatic heterocycles. The maximum Gasteiger partial charge on any atom is 0.336 e. The van der Waals surface area contributed by atoms with Crippen LogP contribution in [0.15, 0.2) is 54.6 Å². The van der Waals surface area contributed by atoms with Gasteiger partial charge in [-0.25, -0.2) is 4.79 Å². The van der Waals surface area contributed by atoms with E-state index < -0.39 is 0 Å². The Morgan fingerprint density at radius 1 is 1.05 bits per heavy atom. The molecular weight excluding hydrogens is 260 g/mol. The number of hydrogen-bond acceptors (Lipinski definition) is 2. The van der Waals surface area contributed by atoms with Crippen molar-refractivity contribution in [3.63, 3.8) is 0 Å². The number of hydrogen-bond donors (Lipinski definition) is 0. The van der Waals surface area contributed by atoms with Crippen molar-refractivity contribution in [1.82, 2.24) is 0 Å². The number of benzene rings is 2. The Kier molecular flexibility index (Phi) is 4.94. The van der Waals surface area contributed by atoms with Gasteiger partial charge in [-0.1, -0.05) is 61.9 Å². The minimum atomic E-state index is -0.358. The first-order valence-corrected chi connectivity index (χ1v) is 7.12. The van der Waals surface area contributed by atoms with E-state index in [4.69, 9.17) is 4.74 Å². The number of esters is 1. The molecule has 2 heteroatoms. The molecule has 0 unspecified atom stereocenters.